The van der Waals surface area contributed by atoms with Crippen molar-refractivity contribution >= 4 is 54.6 Å². The molecular weight excluding hydrogens is 488 g/mol. The Morgan fingerprint density at radius 1 is 1.04 bits per heavy atom. The zero-order valence-corrected chi connectivity index (χ0v) is 17.9. The van der Waals surface area contributed by atoms with Gasteiger partial charge in [-0.05, 0) is 54.6 Å². The number of nitrogens with zero attached hydrogens (tertiary/aromatic N) is 1. The van der Waals surface area contributed by atoms with Gasteiger partial charge in [-0.25, -0.2) is 4.98 Å². The summed E-state index contributed by atoms with van der Waals surface area (Å²) in [4.78, 5) is 17.2. The molecule has 0 atom stereocenters. The summed E-state index contributed by atoms with van der Waals surface area (Å²) in [5.41, 5.74) is 3.23. The van der Waals surface area contributed by atoms with Crippen LogP contribution in [0, 0.1) is 0 Å². The molecule has 4 rings (SSSR count). The van der Waals surface area contributed by atoms with E-state index in [-0.39, 0.29) is 5.91 Å². The molecule has 140 valence electrons. The maximum atomic E-state index is 12.7. The number of oxazole rings is 1. The summed E-state index contributed by atoms with van der Waals surface area (Å²) in [5.74, 6) is 0.752. The molecule has 4 aromatic rings. The van der Waals surface area contributed by atoms with Gasteiger partial charge in [-0.2, -0.15) is 0 Å². The molecule has 0 aliphatic carbocycles. The average Bonchev–Trinajstić information content (AvgIpc) is 3.11. The molecule has 0 saturated carbocycles. The first-order valence-electron chi connectivity index (χ1n) is 8.35. The number of nitrogens with one attached hydrogen (secondary N) is 1. The third kappa shape index (κ3) is 3.81. The van der Waals surface area contributed by atoms with Gasteiger partial charge in [0.05, 0.1) is 12.7 Å². The number of hydrogen-bond acceptors (Lipinski definition) is 4. The van der Waals surface area contributed by atoms with E-state index < -0.39 is 0 Å². The van der Waals surface area contributed by atoms with Gasteiger partial charge in [0, 0.05) is 20.2 Å². The molecule has 0 aliphatic heterocycles. The van der Waals surface area contributed by atoms with Crippen molar-refractivity contribution in [2.75, 3.05) is 12.4 Å². The van der Waals surface area contributed by atoms with Crippen LogP contribution in [-0.4, -0.2) is 18.0 Å². The van der Waals surface area contributed by atoms with Crippen LogP contribution in [0.4, 0.5) is 5.69 Å². The van der Waals surface area contributed by atoms with E-state index >= 15 is 0 Å². The van der Waals surface area contributed by atoms with Crippen molar-refractivity contribution in [2.24, 2.45) is 0 Å². The second-order valence-electron chi connectivity index (χ2n) is 6.01. The zero-order chi connectivity index (χ0) is 19.7. The molecule has 1 heterocycles. The number of benzene rings is 3. The van der Waals surface area contributed by atoms with Gasteiger partial charge in [0.15, 0.2) is 5.58 Å². The number of rotatable bonds is 4. The summed E-state index contributed by atoms with van der Waals surface area (Å²) in [5, 5.41) is 2.88. The molecule has 0 fully saturated rings. The minimum Gasteiger partial charge on any atom is -0.496 e. The highest BCUT2D eigenvalue weighted by Gasteiger charge is 2.15. The lowest BCUT2D eigenvalue weighted by atomic mass is 10.2. The predicted molar refractivity (Wildman–Crippen MR) is 116 cm³/mol. The molecule has 1 N–H and O–H groups in total. The van der Waals surface area contributed by atoms with Crippen LogP contribution in [0.15, 0.2) is 74.0 Å². The molecule has 0 radical (unpaired) electrons. The molecule has 0 saturated heterocycles. The van der Waals surface area contributed by atoms with Crippen LogP contribution >= 0.6 is 31.9 Å². The Hall–Kier alpha value is -2.64. The number of methoxy groups -OCH3 is 1. The van der Waals surface area contributed by atoms with Crippen molar-refractivity contribution in [1.29, 1.82) is 0 Å². The number of hydrogen-bond donors (Lipinski definition) is 1. The van der Waals surface area contributed by atoms with Gasteiger partial charge in [-0.15, -0.1) is 0 Å². The summed E-state index contributed by atoms with van der Waals surface area (Å²) in [7, 11) is 1.53. The van der Waals surface area contributed by atoms with Gasteiger partial charge in [0.2, 0.25) is 5.89 Å². The van der Waals surface area contributed by atoms with Crippen LogP contribution in [0.5, 0.6) is 5.75 Å². The average molecular weight is 502 g/mol. The standard InChI is InChI=1S/C21H14Br2N2O3/c1-27-18-7-5-14(23)10-16(18)20(26)24-15-6-8-19-17(11-15)25-21(28-19)12-3-2-4-13(22)9-12/h2-11H,1H3,(H,24,26). The van der Waals surface area contributed by atoms with E-state index in [1.165, 1.54) is 7.11 Å². The Morgan fingerprint density at radius 2 is 1.86 bits per heavy atom. The number of carbonyl (C=O) groups is 1. The number of anilines is 1. The van der Waals surface area contributed by atoms with Crippen molar-refractivity contribution < 1.29 is 13.9 Å². The van der Waals surface area contributed by atoms with Crippen LogP contribution in [0.1, 0.15) is 10.4 Å². The van der Waals surface area contributed by atoms with Crippen molar-refractivity contribution in [3.05, 3.63) is 75.2 Å². The Labute approximate surface area is 178 Å². The molecule has 0 spiro atoms. The van der Waals surface area contributed by atoms with Crippen molar-refractivity contribution in [1.82, 2.24) is 4.98 Å². The molecule has 0 bridgehead atoms. The molecule has 28 heavy (non-hydrogen) atoms. The Morgan fingerprint density at radius 3 is 2.64 bits per heavy atom. The first-order chi connectivity index (χ1) is 13.5. The minimum atomic E-state index is -0.270. The molecular formula is C21H14Br2N2O3. The number of amides is 1. The second-order valence-corrected chi connectivity index (χ2v) is 7.84. The first-order valence-corrected chi connectivity index (χ1v) is 9.93. The summed E-state index contributed by atoms with van der Waals surface area (Å²) in [6.45, 7) is 0. The summed E-state index contributed by atoms with van der Waals surface area (Å²) >= 11 is 6.83. The normalized spacial score (nSPS) is 10.8. The Balaban J connectivity index is 1.63. The fourth-order valence-corrected chi connectivity index (χ4v) is 3.57. The van der Waals surface area contributed by atoms with Crippen LogP contribution in [0.3, 0.4) is 0 Å². The number of ether oxygens (including phenoxy) is 1. The van der Waals surface area contributed by atoms with E-state index in [4.69, 9.17) is 9.15 Å². The van der Waals surface area contributed by atoms with Gasteiger partial charge >= 0.3 is 0 Å². The van der Waals surface area contributed by atoms with E-state index in [9.17, 15) is 4.79 Å². The van der Waals surface area contributed by atoms with Crippen molar-refractivity contribution in [3.8, 4) is 17.2 Å². The van der Waals surface area contributed by atoms with Crippen LogP contribution in [-0.2, 0) is 0 Å². The molecule has 1 aromatic heterocycles. The first kappa shape index (κ1) is 18.7. The van der Waals surface area contributed by atoms with Crippen LogP contribution in [0.2, 0.25) is 0 Å². The lowest BCUT2D eigenvalue weighted by Gasteiger charge is -2.09. The quantitative estimate of drug-likeness (QED) is 0.357. The van der Waals surface area contributed by atoms with Crippen LogP contribution < -0.4 is 10.1 Å². The van der Waals surface area contributed by atoms with E-state index in [2.05, 4.69) is 42.2 Å². The van der Waals surface area contributed by atoms with Crippen molar-refractivity contribution in [2.45, 2.75) is 0 Å². The van der Waals surface area contributed by atoms with E-state index in [1.54, 1.807) is 30.3 Å². The third-order valence-electron chi connectivity index (χ3n) is 4.12. The van der Waals surface area contributed by atoms with E-state index in [1.807, 2.05) is 30.3 Å². The predicted octanol–water partition coefficient (Wildman–Crippen LogP) is 6.28. The third-order valence-corrected chi connectivity index (χ3v) is 5.11. The lowest BCUT2D eigenvalue weighted by molar-refractivity contribution is 0.102. The van der Waals surface area contributed by atoms with Gasteiger partial charge in [-0.1, -0.05) is 37.9 Å². The molecule has 3 aromatic carbocycles. The smallest absolute Gasteiger partial charge is 0.259 e. The largest absolute Gasteiger partial charge is 0.496 e. The summed E-state index contributed by atoms with van der Waals surface area (Å²) in [6.07, 6.45) is 0. The second kappa shape index (κ2) is 7.77. The molecule has 1 amide bonds. The highest BCUT2D eigenvalue weighted by atomic mass is 79.9. The fraction of sp³-hybridized carbons (Fsp3) is 0.0476. The maximum Gasteiger partial charge on any atom is 0.259 e. The molecule has 0 unspecified atom stereocenters. The molecule has 5 nitrogen and oxygen atoms in total. The number of fused-ring (bicyclic) bond motifs is 1. The van der Waals surface area contributed by atoms with Gasteiger partial charge < -0.3 is 14.5 Å². The van der Waals surface area contributed by atoms with E-state index in [0.29, 0.717) is 34.0 Å². The summed E-state index contributed by atoms with van der Waals surface area (Å²) in [6, 6.07) is 18.4. The Bertz CT molecular complexity index is 1190. The SMILES string of the molecule is COc1ccc(Br)cc1C(=O)Nc1ccc2oc(-c3cccc(Br)c3)nc2c1. The molecule has 0 aliphatic rings. The zero-order valence-electron chi connectivity index (χ0n) is 14.7. The maximum absolute atomic E-state index is 12.7. The number of halogens is 2. The minimum absolute atomic E-state index is 0.270. The number of carbonyl (C=O) groups excluding carboxylic acids is 1. The highest BCUT2D eigenvalue weighted by molar-refractivity contribution is 9.10. The van der Waals surface area contributed by atoms with Gasteiger partial charge in [0.1, 0.15) is 11.3 Å². The topological polar surface area (TPSA) is 64.4 Å². The number of aromatic nitrogens is 1. The Kier molecular flexibility index (Phi) is 5.19. The monoisotopic (exact) mass is 500 g/mol. The van der Waals surface area contributed by atoms with E-state index in [0.717, 1.165) is 14.5 Å². The lowest BCUT2D eigenvalue weighted by Crippen LogP contribution is -2.13. The van der Waals surface area contributed by atoms with Gasteiger partial charge in [0.25, 0.3) is 5.91 Å². The van der Waals surface area contributed by atoms with Crippen LogP contribution in [0.25, 0.3) is 22.6 Å². The fourth-order valence-electron chi connectivity index (χ4n) is 2.81. The molecule has 7 heteroatoms. The highest BCUT2D eigenvalue weighted by Crippen LogP contribution is 2.29. The summed E-state index contributed by atoms with van der Waals surface area (Å²) < 4.78 is 12.9. The van der Waals surface area contributed by atoms with Crippen molar-refractivity contribution in [3.63, 3.8) is 0 Å². The van der Waals surface area contributed by atoms with Gasteiger partial charge in [-0.3, -0.25) is 4.79 Å².